The Morgan fingerprint density at radius 2 is 1.67 bits per heavy atom. The highest BCUT2D eigenvalue weighted by Crippen LogP contribution is 2.31. The summed E-state index contributed by atoms with van der Waals surface area (Å²) >= 11 is 0. The van der Waals surface area contributed by atoms with E-state index in [4.69, 9.17) is 0 Å². The Labute approximate surface area is 158 Å². The highest BCUT2D eigenvalue weighted by molar-refractivity contribution is 6.22. The summed E-state index contributed by atoms with van der Waals surface area (Å²) in [6, 6.07) is 12.3. The van der Waals surface area contributed by atoms with Gasteiger partial charge in [0.25, 0.3) is 17.7 Å². The van der Waals surface area contributed by atoms with E-state index in [0.717, 1.165) is 43.4 Å². The molecule has 3 amide bonds. The smallest absolute Gasteiger partial charge is 0.261 e. The molecule has 2 aromatic rings. The molecule has 138 valence electrons. The molecule has 0 saturated heterocycles. The molecule has 0 spiro atoms. The molecule has 0 radical (unpaired) electrons. The van der Waals surface area contributed by atoms with Crippen LogP contribution in [0.1, 0.15) is 68.7 Å². The van der Waals surface area contributed by atoms with Gasteiger partial charge in [-0.25, -0.2) is 0 Å². The second kappa shape index (κ2) is 6.99. The third kappa shape index (κ3) is 3.14. The number of nitrogens with zero attached hydrogens (tertiary/aromatic N) is 1. The summed E-state index contributed by atoms with van der Waals surface area (Å²) in [4.78, 5) is 39.6. The molecule has 2 aliphatic rings. The molecular formula is C22H22N2O3. The van der Waals surface area contributed by atoms with Crippen LogP contribution in [0.5, 0.6) is 0 Å². The third-order valence-corrected chi connectivity index (χ3v) is 5.51. The zero-order valence-corrected chi connectivity index (χ0v) is 15.3. The Morgan fingerprint density at radius 3 is 2.41 bits per heavy atom. The molecule has 27 heavy (non-hydrogen) atoms. The predicted molar refractivity (Wildman–Crippen MR) is 103 cm³/mol. The standard InChI is InChI=1S/C22H22N2O3/c1-14-7-5-6-10-19(14)23-20(25)15-11-12-17-18(13-15)22(27)24(21(17)26)16-8-3-2-4-9-16/h5-7,10-13,16H,2-4,8-9H2,1H3,(H,23,25). The van der Waals surface area contributed by atoms with Gasteiger partial charge in [0.2, 0.25) is 0 Å². The number of carbonyl (C=O) groups is 3. The fourth-order valence-electron chi connectivity index (χ4n) is 3.98. The van der Waals surface area contributed by atoms with Crippen molar-refractivity contribution in [3.8, 4) is 0 Å². The number of imide groups is 1. The number of para-hydroxylation sites is 1. The molecule has 2 aromatic carbocycles. The second-order valence-electron chi connectivity index (χ2n) is 7.30. The highest BCUT2D eigenvalue weighted by Gasteiger charge is 2.40. The van der Waals surface area contributed by atoms with E-state index in [1.54, 1.807) is 18.2 Å². The second-order valence-corrected chi connectivity index (χ2v) is 7.30. The highest BCUT2D eigenvalue weighted by atomic mass is 16.2. The molecule has 0 unspecified atom stereocenters. The van der Waals surface area contributed by atoms with Gasteiger partial charge in [0.1, 0.15) is 0 Å². The topological polar surface area (TPSA) is 66.5 Å². The average molecular weight is 362 g/mol. The van der Waals surface area contributed by atoms with Crippen molar-refractivity contribution in [1.82, 2.24) is 4.90 Å². The number of aryl methyl sites for hydroxylation is 1. The van der Waals surface area contributed by atoms with Crippen molar-refractivity contribution in [3.63, 3.8) is 0 Å². The first-order valence-corrected chi connectivity index (χ1v) is 9.45. The van der Waals surface area contributed by atoms with E-state index < -0.39 is 0 Å². The van der Waals surface area contributed by atoms with Gasteiger partial charge in [-0.3, -0.25) is 19.3 Å². The molecule has 0 atom stereocenters. The lowest BCUT2D eigenvalue weighted by molar-refractivity contribution is 0.0549. The minimum Gasteiger partial charge on any atom is -0.322 e. The predicted octanol–water partition coefficient (Wildman–Crippen LogP) is 4.18. The van der Waals surface area contributed by atoms with E-state index in [-0.39, 0.29) is 23.8 Å². The molecule has 0 aromatic heterocycles. The van der Waals surface area contributed by atoms with Crippen LogP contribution in [0.15, 0.2) is 42.5 Å². The molecular weight excluding hydrogens is 340 g/mol. The van der Waals surface area contributed by atoms with E-state index in [9.17, 15) is 14.4 Å². The summed E-state index contributed by atoms with van der Waals surface area (Å²) in [5.74, 6) is -0.788. The van der Waals surface area contributed by atoms with Gasteiger partial charge in [0, 0.05) is 17.3 Å². The lowest BCUT2D eigenvalue weighted by Gasteiger charge is -2.29. The van der Waals surface area contributed by atoms with Crippen LogP contribution in [0.25, 0.3) is 0 Å². The number of fused-ring (bicyclic) bond motifs is 1. The number of nitrogens with one attached hydrogen (secondary N) is 1. The van der Waals surface area contributed by atoms with Crippen molar-refractivity contribution in [2.45, 2.75) is 45.1 Å². The third-order valence-electron chi connectivity index (χ3n) is 5.51. The van der Waals surface area contributed by atoms with Crippen molar-refractivity contribution in [2.75, 3.05) is 5.32 Å². The number of benzene rings is 2. The molecule has 0 bridgehead atoms. The van der Waals surface area contributed by atoms with Crippen LogP contribution in [0, 0.1) is 6.92 Å². The maximum atomic E-state index is 12.9. The first-order valence-electron chi connectivity index (χ1n) is 9.45. The molecule has 1 heterocycles. The van der Waals surface area contributed by atoms with Gasteiger partial charge >= 0.3 is 0 Å². The lowest BCUT2D eigenvalue weighted by atomic mass is 9.94. The van der Waals surface area contributed by atoms with Crippen LogP contribution in [0.4, 0.5) is 5.69 Å². The summed E-state index contributed by atoms with van der Waals surface area (Å²) in [5.41, 5.74) is 2.81. The van der Waals surface area contributed by atoms with Crippen molar-refractivity contribution in [1.29, 1.82) is 0 Å². The number of rotatable bonds is 3. The maximum Gasteiger partial charge on any atom is 0.261 e. The largest absolute Gasteiger partial charge is 0.322 e. The summed E-state index contributed by atoms with van der Waals surface area (Å²) < 4.78 is 0. The van der Waals surface area contributed by atoms with Gasteiger partial charge in [-0.15, -0.1) is 0 Å². The SMILES string of the molecule is Cc1ccccc1NC(=O)c1ccc2c(c1)C(=O)N(C1CCCCC1)C2=O. The first kappa shape index (κ1) is 17.5. The van der Waals surface area contributed by atoms with Crippen molar-refractivity contribution in [3.05, 3.63) is 64.7 Å². The molecule has 1 aliphatic carbocycles. The zero-order valence-electron chi connectivity index (χ0n) is 15.3. The Morgan fingerprint density at radius 1 is 0.963 bits per heavy atom. The van der Waals surface area contributed by atoms with E-state index in [2.05, 4.69) is 5.32 Å². The molecule has 1 fully saturated rings. The Bertz CT molecular complexity index is 929. The van der Waals surface area contributed by atoms with E-state index in [1.807, 2.05) is 31.2 Å². The maximum absolute atomic E-state index is 12.9. The fraction of sp³-hybridized carbons (Fsp3) is 0.318. The van der Waals surface area contributed by atoms with E-state index >= 15 is 0 Å². The zero-order chi connectivity index (χ0) is 19.0. The Balaban J connectivity index is 1.59. The number of anilines is 1. The normalized spacial score (nSPS) is 17.1. The Kier molecular flexibility index (Phi) is 4.52. The quantitative estimate of drug-likeness (QED) is 0.833. The minimum absolute atomic E-state index is 0.0182. The number of hydrogen-bond donors (Lipinski definition) is 1. The van der Waals surface area contributed by atoms with E-state index in [0.29, 0.717) is 16.7 Å². The fourth-order valence-corrected chi connectivity index (χ4v) is 3.98. The van der Waals surface area contributed by atoms with Crippen molar-refractivity contribution in [2.24, 2.45) is 0 Å². The van der Waals surface area contributed by atoms with Crippen LogP contribution < -0.4 is 5.32 Å². The first-order chi connectivity index (χ1) is 13.1. The monoisotopic (exact) mass is 362 g/mol. The minimum atomic E-state index is -0.288. The van der Waals surface area contributed by atoms with Crippen LogP contribution in [0.2, 0.25) is 0 Å². The number of hydrogen-bond acceptors (Lipinski definition) is 3. The number of amides is 3. The van der Waals surface area contributed by atoms with Gasteiger partial charge in [-0.1, -0.05) is 37.5 Å². The van der Waals surface area contributed by atoms with Crippen LogP contribution >= 0.6 is 0 Å². The lowest BCUT2D eigenvalue weighted by Crippen LogP contribution is -2.40. The molecule has 5 heteroatoms. The van der Waals surface area contributed by atoms with Crippen LogP contribution in [-0.2, 0) is 0 Å². The Hall–Kier alpha value is -2.95. The van der Waals surface area contributed by atoms with E-state index in [1.165, 1.54) is 4.90 Å². The summed E-state index contributed by atoms with van der Waals surface area (Å²) in [7, 11) is 0. The summed E-state index contributed by atoms with van der Waals surface area (Å²) in [6.45, 7) is 1.92. The molecule has 1 N–H and O–H groups in total. The van der Waals surface area contributed by atoms with Crippen molar-refractivity contribution >= 4 is 23.4 Å². The molecule has 1 saturated carbocycles. The number of carbonyl (C=O) groups excluding carboxylic acids is 3. The summed E-state index contributed by atoms with van der Waals surface area (Å²) in [5, 5.41) is 2.87. The van der Waals surface area contributed by atoms with Gasteiger partial charge in [0.15, 0.2) is 0 Å². The van der Waals surface area contributed by atoms with Crippen LogP contribution in [-0.4, -0.2) is 28.7 Å². The molecule has 1 aliphatic heterocycles. The van der Waals surface area contributed by atoms with Gasteiger partial charge < -0.3 is 5.32 Å². The van der Waals surface area contributed by atoms with Crippen molar-refractivity contribution < 1.29 is 14.4 Å². The molecule has 5 nitrogen and oxygen atoms in total. The summed E-state index contributed by atoms with van der Waals surface area (Å²) in [6.07, 6.45) is 4.98. The average Bonchev–Trinajstić information content (AvgIpc) is 2.94. The van der Waals surface area contributed by atoms with Crippen LogP contribution in [0.3, 0.4) is 0 Å². The van der Waals surface area contributed by atoms with Gasteiger partial charge in [-0.2, -0.15) is 0 Å². The molecule has 4 rings (SSSR count). The van der Waals surface area contributed by atoms with Gasteiger partial charge in [-0.05, 0) is 49.6 Å². The van der Waals surface area contributed by atoms with Gasteiger partial charge in [0.05, 0.1) is 11.1 Å².